The SMILES string of the molecule is Cc1cc(CCl)ccc1Oc1c(Br)cc([N+](=O)[O-])cc1Br. The molecule has 0 aromatic heterocycles. The highest BCUT2D eigenvalue weighted by Gasteiger charge is 2.16. The van der Waals surface area contributed by atoms with Gasteiger partial charge in [-0.3, -0.25) is 10.1 Å². The number of non-ortho nitro benzene ring substituents is 1. The molecular formula is C14H10Br2ClNO3. The second-order valence-electron chi connectivity index (χ2n) is 4.33. The van der Waals surface area contributed by atoms with Crippen molar-refractivity contribution in [2.45, 2.75) is 12.8 Å². The summed E-state index contributed by atoms with van der Waals surface area (Å²) in [7, 11) is 0. The smallest absolute Gasteiger partial charge is 0.271 e. The number of halogens is 3. The minimum atomic E-state index is -0.459. The van der Waals surface area contributed by atoms with Crippen LogP contribution in [-0.4, -0.2) is 4.92 Å². The van der Waals surface area contributed by atoms with Crippen LogP contribution in [0.15, 0.2) is 39.3 Å². The number of aryl methyl sites for hydroxylation is 1. The highest BCUT2D eigenvalue weighted by atomic mass is 79.9. The van der Waals surface area contributed by atoms with E-state index in [2.05, 4.69) is 31.9 Å². The van der Waals surface area contributed by atoms with Crippen LogP contribution in [0, 0.1) is 17.0 Å². The maximum absolute atomic E-state index is 10.8. The minimum absolute atomic E-state index is 0.0182. The predicted molar refractivity (Wildman–Crippen MR) is 89.3 cm³/mol. The number of hydrogen-bond donors (Lipinski definition) is 0. The topological polar surface area (TPSA) is 52.4 Å². The van der Waals surface area contributed by atoms with Gasteiger partial charge in [0.15, 0.2) is 5.75 Å². The van der Waals surface area contributed by atoms with E-state index < -0.39 is 4.92 Å². The summed E-state index contributed by atoms with van der Waals surface area (Å²) in [6.07, 6.45) is 0. The summed E-state index contributed by atoms with van der Waals surface area (Å²) in [6.45, 7) is 1.92. The van der Waals surface area contributed by atoms with Crippen molar-refractivity contribution < 1.29 is 9.66 Å². The van der Waals surface area contributed by atoms with E-state index in [0.29, 0.717) is 26.3 Å². The Labute approximate surface area is 143 Å². The fraction of sp³-hybridized carbons (Fsp3) is 0.143. The third-order valence-corrected chi connectivity index (χ3v) is 4.29. The van der Waals surface area contributed by atoms with Gasteiger partial charge in [0, 0.05) is 18.0 Å². The molecule has 0 fully saturated rings. The first-order chi connectivity index (χ1) is 9.92. The van der Waals surface area contributed by atoms with Crippen LogP contribution in [0.1, 0.15) is 11.1 Å². The lowest BCUT2D eigenvalue weighted by molar-refractivity contribution is -0.385. The van der Waals surface area contributed by atoms with Gasteiger partial charge in [0.2, 0.25) is 0 Å². The molecule has 2 aromatic rings. The normalized spacial score (nSPS) is 10.5. The Bertz CT molecular complexity index is 684. The molecule has 2 aromatic carbocycles. The van der Waals surface area contributed by atoms with Crippen LogP contribution >= 0.6 is 43.5 Å². The summed E-state index contributed by atoms with van der Waals surface area (Å²) in [4.78, 5) is 10.4. The van der Waals surface area contributed by atoms with Gasteiger partial charge in [-0.2, -0.15) is 0 Å². The molecule has 0 unspecified atom stereocenters. The van der Waals surface area contributed by atoms with Crippen LogP contribution in [0.25, 0.3) is 0 Å². The molecule has 0 N–H and O–H groups in total. The zero-order valence-electron chi connectivity index (χ0n) is 10.9. The zero-order valence-corrected chi connectivity index (χ0v) is 14.8. The molecule has 110 valence electrons. The average Bonchev–Trinajstić information content (AvgIpc) is 2.43. The third kappa shape index (κ3) is 3.75. The lowest BCUT2D eigenvalue weighted by Crippen LogP contribution is -1.93. The molecule has 0 heterocycles. The Kier molecular flexibility index (Phi) is 5.24. The zero-order chi connectivity index (χ0) is 15.6. The molecule has 4 nitrogen and oxygen atoms in total. The van der Waals surface area contributed by atoms with E-state index in [-0.39, 0.29) is 5.69 Å². The van der Waals surface area contributed by atoms with Gasteiger partial charge < -0.3 is 4.74 Å². The van der Waals surface area contributed by atoms with Crippen LogP contribution in [-0.2, 0) is 5.88 Å². The van der Waals surface area contributed by atoms with Crippen molar-refractivity contribution in [3.05, 3.63) is 60.5 Å². The number of rotatable bonds is 4. The first-order valence-electron chi connectivity index (χ1n) is 5.89. The van der Waals surface area contributed by atoms with Crippen LogP contribution in [0.5, 0.6) is 11.5 Å². The van der Waals surface area contributed by atoms with Gasteiger partial charge in [-0.15, -0.1) is 11.6 Å². The van der Waals surface area contributed by atoms with E-state index in [4.69, 9.17) is 16.3 Å². The monoisotopic (exact) mass is 433 g/mol. The summed E-state index contributed by atoms with van der Waals surface area (Å²) < 4.78 is 6.85. The number of alkyl halides is 1. The Balaban J connectivity index is 2.38. The van der Waals surface area contributed by atoms with Gasteiger partial charge in [0.05, 0.1) is 13.9 Å². The molecule has 0 saturated heterocycles. The van der Waals surface area contributed by atoms with Gasteiger partial charge in [0.1, 0.15) is 5.75 Å². The fourth-order valence-corrected chi connectivity index (χ4v) is 3.26. The van der Waals surface area contributed by atoms with Crippen molar-refractivity contribution in [2.75, 3.05) is 0 Å². The molecule has 0 radical (unpaired) electrons. The first-order valence-corrected chi connectivity index (χ1v) is 8.01. The molecule has 0 aliphatic carbocycles. The van der Waals surface area contributed by atoms with Crippen LogP contribution < -0.4 is 4.74 Å². The third-order valence-electron chi connectivity index (χ3n) is 2.80. The number of nitro groups is 1. The molecular weight excluding hydrogens is 425 g/mol. The molecule has 2 rings (SSSR count). The quantitative estimate of drug-likeness (QED) is 0.338. The molecule has 0 aliphatic rings. The van der Waals surface area contributed by atoms with Crippen molar-refractivity contribution in [3.8, 4) is 11.5 Å². The Morgan fingerprint density at radius 2 is 1.86 bits per heavy atom. The van der Waals surface area contributed by atoms with Gasteiger partial charge >= 0.3 is 0 Å². The van der Waals surface area contributed by atoms with Gasteiger partial charge in [-0.1, -0.05) is 12.1 Å². The number of nitrogens with zero attached hydrogens (tertiary/aromatic N) is 1. The predicted octanol–water partition coefficient (Wildman–Crippen LogP) is 5.96. The Hall–Kier alpha value is -1.11. The molecule has 0 saturated carbocycles. The lowest BCUT2D eigenvalue weighted by atomic mass is 10.1. The molecule has 0 atom stereocenters. The summed E-state index contributed by atoms with van der Waals surface area (Å²) in [5.74, 6) is 1.59. The summed E-state index contributed by atoms with van der Waals surface area (Å²) in [6, 6.07) is 8.45. The maximum Gasteiger partial charge on any atom is 0.271 e. The highest BCUT2D eigenvalue weighted by Crippen LogP contribution is 2.40. The van der Waals surface area contributed by atoms with Crippen molar-refractivity contribution in [1.82, 2.24) is 0 Å². The minimum Gasteiger partial charge on any atom is -0.455 e. The number of benzene rings is 2. The number of ether oxygens (including phenoxy) is 1. The van der Waals surface area contributed by atoms with E-state index in [1.807, 2.05) is 25.1 Å². The van der Waals surface area contributed by atoms with Crippen LogP contribution in [0.2, 0.25) is 0 Å². The van der Waals surface area contributed by atoms with Crippen molar-refractivity contribution in [2.24, 2.45) is 0 Å². The van der Waals surface area contributed by atoms with Gasteiger partial charge in [0.25, 0.3) is 5.69 Å². The molecule has 7 heteroatoms. The summed E-state index contributed by atoms with van der Waals surface area (Å²) in [5, 5.41) is 10.8. The molecule has 0 amide bonds. The number of nitro benzene ring substituents is 1. The average molecular weight is 435 g/mol. The van der Waals surface area contributed by atoms with Crippen LogP contribution in [0.3, 0.4) is 0 Å². The fourth-order valence-electron chi connectivity index (χ4n) is 1.77. The van der Waals surface area contributed by atoms with E-state index in [1.54, 1.807) is 0 Å². The summed E-state index contributed by atoms with van der Waals surface area (Å²) in [5.41, 5.74) is 1.92. The van der Waals surface area contributed by atoms with Crippen LogP contribution in [0.4, 0.5) is 5.69 Å². The molecule has 0 bridgehead atoms. The van der Waals surface area contributed by atoms with E-state index in [1.165, 1.54) is 12.1 Å². The standard InChI is InChI=1S/C14H10Br2ClNO3/c1-8-4-9(7-17)2-3-13(8)21-14-11(15)5-10(18(19)20)6-12(14)16/h2-6H,7H2,1H3. The van der Waals surface area contributed by atoms with E-state index in [9.17, 15) is 10.1 Å². The lowest BCUT2D eigenvalue weighted by Gasteiger charge is -2.12. The van der Waals surface area contributed by atoms with Crippen molar-refractivity contribution >= 4 is 49.1 Å². The van der Waals surface area contributed by atoms with Gasteiger partial charge in [-0.05, 0) is 56.0 Å². The Morgan fingerprint density at radius 3 is 2.33 bits per heavy atom. The van der Waals surface area contributed by atoms with Crippen molar-refractivity contribution in [3.63, 3.8) is 0 Å². The molecule has 21 heavy (non-hydrogen) atoms. The van der Waals surface area contributed by atoms with Crippen molar-refractivity contribution in [1.29, 1.82) is 0 Å². The first kappa shape index (κ1) is 16.3. The molecule has 0 aliphatic heterocycles. The number of hydrogen-bond acceptors (Lipinski definition) is 3. The highest BCUT2D eigenvalue weighted by molar-refractivity contribution is 9.11. The van der Waals surface area contributed by atoms with E-state index >= 15 is 0 Å². The Morgan fingerprint density at radius 1 is 1.24 bits per heavy atom. The molecule has 0 spiro atoms. The second-order valence-corrected chi connectivity index (χ2v) is 6.31. The summed E-state index contributed by atoms with van der Waals surface area (Å²) >= 11 is 12.4. The van der Waals surface area contributed by atoms with E-state index in [0.717, 1.165) is 11.1 Å². The van der Waals surface area contributed by atoms with Gasteiger partial charge in [-0.25, -0.2) is 0 Å². The largest absolute Gasteiger partial charge is 0.455 e. The maximum atomic E-state index is 10.8. The second kappa shape index (κ2) is 6.77.